The van der Waals surface area contributed by atoms with Gasteiger partial charge in [-0.1, -0.05) is 60.1 Å². The third-order valence-electron chi connectivity index (χ3n) is 4.57. The number of halogens is 1. The zero-order valence-corrected chi connectivity index (χ0v) is 14.1. The maximum atomic E-state index is 6.49. The van der Waals surface area contributed by atoms with Crippen LogP contribution in [0.5, 0.6) is 0 Å². The van der Waals surface area contributed by atoms with Crippen LogP contribution in [0.15, 0.2) is 66.7 Å². The van der Waals surface area contributed by atoms with E-state index in [4.69, 9.17) is 17.3 Å². The van der Waals surface area contributed by atoms with E-state index in [1.54, 1.807) is 0 Å². The normalized spacial score (nSPS) is 11.4. The molecule has 3 heteroatoms. The van der Waals surface area contributed by atoms with Gasteiger partial charge in [-0.2, -0.15) is 0 Å². The predicted molar refractivity (Wildman–Crippen MR) is 103 cm³/mol. The van der Waals surface area contributed by atoms with E-state index in [2.05, 4.69) is 65.2 Å². The van der Waals surface area contributed by atoms with Crippen LogP contribution in [0, 0.1) is 0 Å². The second-order valence-electron chi connectivity index (χ2n) is 6.05. The third-order valence-corrected chi connectivity index (χ3v) is 4.92. The van der Waals surface area contributed by atoms with Crippen molar-refractivity contribution >= 4 is 33.4 Å². The van der Waals surface area contributed by atoms with Crippen molar-refractivity contribution in [1.82, 2.24) is 4.57 Å². The molecule has 4 aromatic rings. The van der Waals surface area contributed by atoms with E-state index in [1.807, 2.05) is 6.07 Å². The number of nitrogens with zero attached hydrogens (tertiary/aromatic N) is 1. The number of hydrogen-bond acceptors (Lipinski definition) is 1. The van der Waals surface area contributed by atoms with Gasteiger partial charge in [0, 0.05) is 33.4 Å². The lowest BCUT2D eigenvalue weighted by Crippen LogP contribution is -2.04. The van der Waals surface area contributed by atoms with Gasteiger partial charge in [-0.15, -0.1) is 0 Å². The van der Waals surface area contributed by atoms with Crippen LogP contribution in [0.4, 0.5) is 0 Å². The van der Waals surface area contributed by atoms with Crippen molar-refractivity contribution < 1.29 is 0 Å². The third kappa shape index (κ3) is 2.48. The molecule has 0 saturated heterocycles. The van der Waals surface area contributed by atoms with Crippen LogP contribution in [-0.4, -0.2) is 11.1 Å². The van der Waals surface area contributed by atoms with E-state index in [1.165, 1.54) is 27.4 Å². The molecule has 120 valence electrons. The van der Waals surface area contributed by atoms with Gasteiger partial charge in [-0.3, -0.25) is 0 Å². The molecule has 0 fully saturated rings. The van der Waals surface area contributed by atoms with Gasteiger partial charge in [0.05, 0.1) is 0 Å². The zero-order valence-electron chi connectivity index (χ0n) is 13.4. The fourth-order valence-corrected chi connectivity index (χ4v) is 3.76. The van der Waals surface area contributed by atoms with E-state index in [9.17, 15) is 0 Å². The van der Waals surface area contributed by atoms with E-state index < -0.39 is 0 Å². The number of hydrogen-bond donors (Lipinski definition) is 1. The van der Waals surface area contributed by atoms with Gasteiger partial charge in [-0.05, 0) is 42.3 Å². The van der Waals surface area contributed by atoms with Gasteiger partial charge in [-0.25, -0.2) is 0 Å². The molecule has 1 heterocycles. The molecule has 0 spiro atoms. The molecule has 0 aliphatic heterocycles. The summed E-state index contributed by atoms with van der Waals surface area (Å²) >= 11 is 6.49. The first kappa shape index (κ1) is 15.3. The predicted octanol–water partition coefficient (Wildman–Crippen LogP) is 5.00. The van der Waals surface area contributed by atoms with Crippen molar-refractivity contribution in [2.45, 2.75) is 13.0 Å². The standard InChI is InChI=1S/C21H19ClN2/c22-18-10-11-20-21(16(18)12-13-23)17-8-4-5-9-19(17)24(20)14-15-6-2-1-3-7-15/h1-11H,12-14,23H2. The summed E-state index contributed by atoms with van der Waals surface area (Å²) in [6.07, 6.45) is 0.787. The van der Waals surface area contributed by atoms with E-state index in [0.29, 0.717) is 6.54 Å². The monoisotopic (exact) mass is 334 g/mol. The molecule has 3 aromatic carbocycles. The SMILES string of the molecule is NCCc1c(Cl)ccc2c1c1ccccc1n2Cc1ccccc1. The number of aromatic nitrogens is 1. The molecular weight excluding hydrogens is 316 g/mol. The first-order valence-corrected chi connectivity index (χ1v) is 8.59. The van der Waals surface area contributed by atoms with Crippen LogP contribution in [0.2, 0.25) is 5.02 Å². The van der Waals surface area contributed by atoms with Crippen LogP contribution in [-0.2, 0) is 13.0 Å². The highest BCUT2D eigenvalue weighted by atomic mass is 35.5. The molecule has 0 aliphatic carbocycles. The molecule has 24 heavy (non-hydrogen) atoms. The lowest BCUT2D eigenvalue weighted by atomic mass is 10.0. The van der Waals surface area contributed by atoms with Crippen molar-refractivity contribution in [1.29, 1.82) is 0 Å². The second kappa shape index (κ2) is 6.31. The molecule has 0 saturated carbocycles. The Morgan fingerprint density at radius 2 is 1.58 bits per heavy atom. The molecule has 0 radical (unpaired) electrons. The first-order valence-electron chi connectivity index (χ1n) is 8.22. The number of fused-ring (bicyclic) bond motifs is 3. The maximum absolute atomic E-state index is 6.49. The van der Waals surface area contributed by atoms with E-state index in [0.717, 1.165) is 23.6 Å². The largest absolute Gasteiger partial charge is 0.336 e. The van der Waals surface area contributed by atoms with Crippen LogP contribution in [0.3, 0.4) is 0 Å². The summed E-state index contributed by atoms with van der Waals surface area (Å²) in [5.74, 6) is 0. The van der Waals surface area contributed by atoms with E-state index in [-0.39, 0.29) is 0 Å². The van der Waals surface area contributed by atoms with Gasteiger partial charge in [0.25, 0.3) is 0 Å². The fourth-order valence-electron chi connectivity index (χ4n) is 3.51. The molecule has 0 aliphatic rings. The molecule has 4 rings (SSSR count). The Morgan fingerprint density at radius 3 is 2.38 bits per heavy atom. The van der Waals surface area contributed by atoms with Gasteiger partial charge in [0.15, 0.2) is 0 Å². The van der Waals surface area contributed by atoms with E-state index >= 15 is 0 Å². The van der Waals surface area contributed by atoms with Crippen LogP contribution in [0.25, 0.3) is 21.8 Å². The van der Waals surface area contributed by atoms with Crippen molar-refractivity contribution in [3.05, 3.63) is 82.9 Å². The summed E-state index contributed by atoms with van der Waals surface area (Å²) in [4.78, 5) is 0. The molecule has 0 amide bonds. The zero-order chi connectivity index (χ0) is 16.5. The lowest BCUT2D eigenvalue weighted by molar-refractivity contribution is 0.868. The number of para-hydroxylation sites is 1. The van der Waals surface area contributed by atoms with Gasteiger partial charge < -0.3 is 10.3 Å². The number of nitrogens with two attached hydrogens (primary N) is 1. The van der Waals surface area contributed by atoms with Crippen LogP contribution in [0.1, 0.15) is 11.1 Å². The Bertz CT molecular complexity index is 1000. The van der Waals surface area contributed by atoms with Crippen molar-refractivity contribution in [2.24, 2.45) is 5.73 Å². The quantitative estimate of drug-likeness (QED) is 0.559. The number of rotatable bonds is 4. The van der Waals surface area contributed by atoms with Gasteiger partial charge in [0.2, 0.25) is 0 Å². The van der Waals surface area contributed by atoms with Gasteiger partial charge >= 0.3 is 0 Å². The highest BCUT2D eigenvalue weighted by molar-refractivity contribution is 6.33. The van der Waals surface area contributed by atoms with Crippen LogP contribution >= 0.6 is 11.6 Å². The van der Waals surface area contributed by atoms with Crippen LogP contribution < -0.4 is 5.73 Å². The summed E-state index contributed by atoms with van der Waals surface area (Å²) < 4.78 is 2.37. The topological polar surface area (TPSA) is 30.9 Å². The minimum absolute atomic E-state index is 0.594. The lowest BCUT2D eigenvalue weighted by Gasteiger charge is -2.09. The molecule has 2 nitrogen and oxygen atoms in total. The van der Waals surface area contributed by atoms with Crippen molar-refractivity contribution in [3.8, 4) is 0 Å². The highest BCUT2D eigenvalue weighted by Crippen LogP contribution is 2.35. The Morgan fingerprint density at radius 1 is 0.833 bits per heavy atom. The summed E-state index contributed by atoms with van der Waals surface area (Å²) in [5.41, 5.74) is 10.7. The minimum atomic E-state index is 0.594. The molecular formula is C21H19ClN2. The maximum Gasteiger partial charge on any atom is 0.0498 e. The smallest absolute Gasteiger partial charge is 0.0498 e. The highest BCUT2D eigenvalue weighted by Gasteiger charge is 2.15. The Balaban J connectivity index is 2.03. The summed E-state index contributed by atoms with van der Waals surface area (Å²) in [7, 11) is 0. The number of benzene rings is 3. The summed E-state index contributed by atoms with van der Waals surface area (Å²) in [6.45, 7) is 1.44. The average Bonchev–Trinajstić information content (AvgIpc) is 2.93. The fraction of sp³-hybridized carbons (Fsp3) is 0.143. The molecule has 0 atom stereocenters. The van der Waals surface area contributed by atoms with Crippen molar-refractivity contribution in [3.63, 3.8) is 0 Å². The summed E-state index contributed by atoms with van der Waals surface area (Å²) in [5, 5.41) is 3.28. The van der Waals surface area contributed by atoms with Gasteiger partial charge in [0.1, 0.15) is 0 Å². The molecule has 2 N–H and O–H groups in total. The first-order chi connectivity index (χ1) is 11.8. The molecule has 1 aromatic heterocycles. The summed E-state index contributed by atoms with van der Waals surface area (Å²) in [6, 6.07) is 23.2. The molecule has 0 bridgehead atoms. The van der Waals surface area contributed by atoms with Crippen molar-refractivity contribution in [2.75, 3.05) is 6.54 Å². The Kier molecular flexibility index (Phi) is 4.01. The minimum Gasteiger partial charge on any atom is -0.336 e. The Labute approximate surface area is 146 Å². The molecule has 0 unspecified atom stereocenters. The average molecular weight is 335 g/mol. The Hall–Kier alpha value is -2.29. The second-order valence-corrected chi connectivity index (χ2v) is 6.45.